The molecule has 9 nitrogen and oxygen atoms in total. The molecule has 1 heterocycles. The predicted octanol–water partition coefficient (Wildman–Crippen LogP) is 1.54. The molecule has 2 aromatic rings. The molecule has 2 rings (SSSR count). The number of anilines is 1. The summed E-state index contributed by atoms with van der Waals surface area (Å²) in [5.41, 5.74) is 7.12. The Morgan fingerprint density at radius 3 is 2.76 bits per heavy atom. The predicted molar refractivity (Wildman–Crippen MR) is 108 cm³/mol. The van der Waals surface area contributed by atoms with E-state index in [-0.39, 0.29) is 29.7 Å². The van der Waals surface area contributed by atoms with Crippen molar-refractivity contribution in [1.29, 1.82) is 0 Å². The summed E-state index contributed by atoms with van der Waals surface area (Å²) in [7, 11) is 3.28. The molecule has 0 saturated carbocycles. The molecule has 154 valence electrons. The molecule has 2 amide bonds. The Labute approximate surface area is 172 Å². The Hall–Kier alpha value is -3.27. The van der Waals surface area contributed by atoms with Gasteiger partial charge in [0.1, 0.15) is 30.7 Å². The molecule has 0 saturated heterocycles. The van der Waals surface area contributed by atoms with E-state index in [4.69, 9.17) is 11.6 Å². The molecule has 0 aliphatic heterocycles. The van der Waals surface area contributed by atoms with Crippen LogP contribution in [-0.2, 0) is 11.3 Å². The highest BCUT2D eigenvalue weighted by molar-refractivity contribution is 6.30. The number of nitrogens with one attached hydrogen (secondary N) is 3. The monoisotopic (exact) mass is 421 g/mol. The minimum absolute atomic E-state index is 0.0144. The fourth-order valence-corrected chi connectivity index (χ4v) is 2.33. The normalized spacial score (nSPS) is 10.7. The SMILES string of the molecule is Cc1ncnc(C(=O)NCc2ccc(F)c(Cl)c2)c1NNC=NCC(=O)N(C)C. The van der Waals surface area contributed by atoms with Crippen molar-refractivity contribution >= 4 is 35.4 Å². The summed E-state index contributed by atoms with van der Waals surface area (Å²) in [4.78, 5) is 37.4. The first-order valence-electron chi connectivity index (χ1n) is 8.53. The lowest BCUT2D eigenvalue weighted by atomic mass is 10.2. The number of hydrogen-bond acceptors (Lipinski definition) is 6. The van der Waals surface area contributed by atoms with E-state index >= 15 is 0 Å². The fraction of sp³-hybridized carbons (Fsp3) is 0.278. The van der Waals surface area contributed by atoms with Gasteiger partial charge >= 0.3 is 0 Å². The zero-order valence-corrected chi connectivity index (χ0v) is 16.9. The molecule has 0 spiro atoms. The lowest BCUT2D eigenvalue weighted by Gasteiger charge is -2.13. The van der Waals surface area contributed by atoms with Gasteiger partial charge in [-0.15, -0.1) is 0 Å². The molecule has 0 radical (unpaired) electrons. The van der Waals surface area contributed by atoms with Gasteiger partial charge in [-0.25, -0.2) is 14.4 Å². The summed E-state index contributed by atoms with van der Waals surface area (Å²) in [5.74, 6) is -1.14. The van der Waals surface area contributed by atoms with Crippen molar-refractivity contribution in [3.05, 3.63) is 52.3 Å². The topological polar surface area (TPSA) is 112 Å². The zero-order valence-electron chi connectivity index (χ0n) is 16.2. The van der Waals surface area contributed by atoms with E-state index in [0.29, 0.717) is 16.9 Å². The average Bonchev–Trinajstić information content (AvgIpc) is 2.69. The Morgan fingerprint density at radius 2 is 2.07 bits per heavy atom. The Morgan fingerprint density at radius 1 is 1.31 bits per heavy atom. The van der Waals surface area contributed by atoms with E-state index in [2.05, 4.69) is 31.1 Å². The van der Waals surface area contributed by atoms with Crippen LogP contribution in [0.4, 0.5) is 10.1 Å². The molecule has 0 aliphatic rings. The highest BCUT2D eigenvalue weighted by Gasteiger charge is 2.16. The number of aliphatic imine (C=N–C) groups is 1. The first-order valence-corrected chi connectivity index (χ1v) is 8.91. The molecule has 1 aromatic carbocycles. The van der Waals surface area contributed by atoms with Gasteiger partial charge in [-0.05, 0) is 24.6 Å². The molecule has 0 fully saturated rings. The fourth-order valence-electron chi connectivity index (χ4n) is 2.13. The van der Waals surface area contributed by atoms with Crippen molar-refractivity contribution < 1.29 is 14.0 Å². The van der Waals surface area contributed by atoms with Crippen LogP contribution < -0.4 is 16.2 Å². The van der Waals surface area contributed by atoms with Gasteiger partial charge in [0.2, 0.25) is 5.91 Å². The Bertz CT molecular complexity index is 921. The third kappa shape index (κ3) is 6.39. The molecule has 0 atom stereocenters. The summed E-state index contributed by atoms with van der Waals surface area (Å²) in [5, 5.41) is 2.68. The number of aryl methyl sites for hydroxylation is 1. The second kappa shape index (κ2) is 10.3. The van der Waals surface area contributed by atoms with Crippen molar-refractivity contribution in [3.8, 4) is 0 Å². The van der Waals surface area contributed by atoms with E-state index in [1.54, 1.807) is 21.0 Å². The summed E-state index contributed by atoms with van der Waals surface area (Å²) >= 11 is 5.75. The van der Waals surface area contributed by atoms with Gasteiger partial charge in [0.15, 0.2) is 5.69 Å². The molecule has 1 aromatic heterocycles. The molecular formula is C18H21ClFN7O2. The summed E-state index contributed by atoms with van der Waals surface area (Å²) < 4.78 is 13.2. The van der Waals surface area contributed by atoms with Crippen LogP contribution in [0, 0.1) is 12.7 Å². The number of hydrazine groups is 1. The highest BCUT2D eigenvalue weighted by Crippen LogP contribution is 2.17. The Kier molecular flexibility index (Phi) is 7.84. The van der Waals surface area contributed by atoms with E-state index in [0.717, 1.165) is 0 Å². The first kappa shape index (κ1) is 22.0. The van der Waals surface area contributed by atoms with Crippen LogP contribution in [0.25, 0.3) is 0 Å². The van der Waals surface area contributed by atoms with Crippen LogP contribution in [-0.4, -0.2) is 53.7 Å². The maximum absolute atomic E-state index is 13.2. The minimum atomic E-state index is -0.528. The van der Waals surface area contributed by atoms with Crippen LogP contribution >= 0.6 is 11.6 Å². The van der Waals surface area contributed by atoms with Crippen molar-refractivity contribution in [2.45, 2.75) is 13.5 Å². The van der Waals surface area contributed by atoms with Crippen LogP contribution in [0.2, 0.25) is 5.02 Å². The van der Waals surface area contributed by atoms with Crippen LogP contribution in [0.15, 0.2) is 29.5 Å². The summed E-state index contributed by atoms with van der Waals surface area (Å²) in [6.07, 6.45) is 2.57. The summed E-state index contributed by atoms with van der Waals surface area (Å²) in [6.45, 7) is 1.83. The molecule has 0 bridgehead atoms. The van der Waals surface area contributed by atoms with Crippen molar-refractivity contribution in [2.24, 2.45) is 4.99 Å². The lowest BCUT2D eigenvalue weighted by molar-refractivity contribution is -0.127. The molecule has 0 unspecified atom stereocenters. The number of nitrogens with zero attached hydrogens (tertiary/aromatic N) is 4. The number of halogens is 2. The van der Waals surface area contributed by atoms with E-state index in [9.17, 15) is 14.0 Å². The highest BCUT2D eigenvalue weighted by atomic mass is 35.5. The van der Waals surface area contributed by atoms with Gasteiger partial charge in [-0.3, -0.25) is 25.4 Å². The number of benzene rings is 1. The number of carbonyl (C=O) groups is 2. The molecule has 11 heteroatoms. The number of hydrogen-bond donors (Lipinski definition) is 3. The van der Waals surface area contributed by atoms with Gasteiger partial charge in [-0.2, -0.15) is 0 Å². The number of carbonyl (C=O) groups excluding carboxylic acids is 2. The van der Waals surface area contributed by atoms with E-state index in [1.807, 2.05) is 0 Å². The smallest absolute Gasteiger partial charge is 0.272 e. The van der Waals surface area contributed by atoms with Crippen molar-refractivity contribution in [2.75, 3.05) is 26.1 Å². The van der Waals surface area contributed by atoms with Crippen molar-refractivity contribution in [1.82, 2.24) is 25.6 Å². The van der Waals surface area contributed by atoms with E-state index < -0.39 is 11.7 Å². The van der Waals surface area contributed by atoms with Gasteiger partial charge in [-0.1, -0.05) is 17.7 Å². The maximum Gasteiger partial charge on any atom is 0.272 e. The molecule has 29 heavy (non-hydrogen) atoms. The lowest BCUT2D eigenvalue weighted by Crippen LogP contribution is -2.29. The van der Waals surface area contributed by atoms with Gasteiger partial charge < -0.3 is 10.2 Å². The van der Waals surface area contributed by atoms with Gasteiger partial charge in [0.25, 0.3) is 5.91 Å². The molecule has 0 aliphatic carbocycles. The van der Waals surface area contributed by atoms with E-state index in [1.165, 1.54) is 35.8 Å². The van der Waals surface area contributed by atoms with Crippen LogP contribution in [0.3, 0.4) is 0 Å². The second-order valence-corrected chi connectivity index (χ2v) is 6.55. The van der Waals surface area contributed by atoms with Crippen molar-refractivity contribution in [3.63, 3.8) is 0 Å². The number of amides is 2. The molecular weight excluding hydrogens is 401 g/mol. The average molecular weight is 422 g/mol. The second-order valence-electron chi connectivity index (χ2n) is 6.14. The third-order valence-electron chi connectivity index (χ3n) is 3.77. The van der Waals surface area contributed by atoms with Gasteiger partial charge in [0, 0.05) is 20.6 Å². The maximum atomic E-state index is 13.2. The summed E-state index contributed by atoms with van der Waals surface area (Å²) in [6, 6.07) is 4.20. The van der Waals surface area contributed by atoms with Gasteiger partial charge in [0.05, 0.1) is 10.7 Å². The molecule has 3 N–H and O–H groups in total. The largest absolute Gasteiger partial charge is 0.347 e. The third-order valence-corrected chi connectivity index (χ3v) is 4.06. The van der Waals surface area contributed by atoms with Crippen LogP contribution in [0.5, 0.6) is 0 Å². The standard InChI is InChI=1S/C18H21ClFN7O2/c1-11-16(26-25-9-21-8-15(28)27(2)3)17(24-10-23-11)18(29)22-7-12-4-5-14(20)13(19)6-12/h4-6,9-10,26H,7-8H2,1-3H3,(H,21,25)(H,22,29). The zero-order chi connectivity index (χ0) is 21.4. The number of likely N-dealkylation sites (N-methyl/N-ethyl adjacent to an activating group) is 1. The minimum Gasteiger partial charge on any atom is -0.347 e. The van der Waals surface area contributed by atoms with Crippen LogP contribution in [0.1, 0.15) is 21.7 Å². The first-order chi connectivity index (χ1) is 13.8. The number of aromatic nitrogens is 2. The number of rotatable bonds is 8. The Balaban J connectivity index is 2.00. The quantitative estimate of drug-likeness (QED) is 0.338.